The standard InChI is InChI=1S/C46H47ClN2O3S/c1-30-39(48(3)40-25-18-32-10-5-7-14-37(32)43(30)40)24-20-34-12-9-13-35(45(34)47)21-27-42-46(2,29-28-31-16-22-36(23-17-31)53(50,51)52)44-38-15-8-6-11-33(38)19-26-41(44)49(42)4/h5,7-8,10,14-19,21-27,30,34H,6,9,11-13,20,28-29H2,1-4H3/p+1/b27-21+,39-24+. The van der Waals surface area contributed by atoms with Crippen LogP contribution in [0, 0.1) is 5.92 Å². The summed E-state index contributed by atoms with van der Waals surface area (Å²) in [6, 6.07) is 24.4. The molecule has 1 N–H and O–H groups in total. The lowest BCUT2D eigenvalue weighted by Crippen LogP contribution is -2.32. The van der Waals surface area contributed by atoms with Crippen LogP contribution in [0.25, 0.3) is 16.8 Å². The maximum atomic E-state index is 11.7. The Morgan fingerprint density at radius 3 is 2.60 bits per heavy atom. The van der Waals surface area contributed by atoms with Crippen LogP contribution in [0.1, 0.15) is 86.1 Å². The first-order chi connectivity index (χ1) is 25.5. The van der Waals surface area contributed by atoms with E-state index in [1.807, 2.05) is 12.1 Å². The number of benzene rings is 4. The predicted molar refractivity (Wildman–Crippen MR) is 219 cm³/mol. The molecule has 0 bridgehead atoms. The first-order valence-corrected chi connectivity index (χ1v) is 20.8. The summed E-state index contributed by atoms with van der Waals surface area (Å²) in [4.78, 5) is 2.29. The minimum absolute atomic E-state index is 0.0802. The molecule has 2 aliphatic heterocycles. The highest BCUT2D eigenvalue weighted by Crippen LogP contribution is 2.49. The van der Waals surface area contributed by atoms with Gasteiger partial charge in [-0.25, -0.2) is 0 Å². The third-order valence-corrected chi connectivity index (χ3v) is 13.9. The molecule has 4 aliphatic rings. The Hall–Kier alpha value is -4.23. The first-order valence-electron chi connectivity index (χ1n) is 19.0. The zero-order valence-electron chi connectivity index (χ0n) is 31.1. The molecule has 0 aromatic heterocycles. The van der Waals surface area contributed by atoms with Gasteiger partial charge in [-0.3, -0.25) is 4.55 Å². The number of fused-ring (bicyclic) bond motifs is 6. The van der Waals surface area contributed by atoms with Crippen LogP contribution in [0.5, 0.6) is 0 Å². The van der Waals surface area contributed by atoms with E-state index >= 15 is 0 Å². The number of hydrogen-bond donors (Lipinski definition) is 1. The molecule has 4 aromatic rings. The van der Waals surface area contributed by atoms with Crippen molar-refractivity contribution in [3.63, 3.8) is 0 Å². The SMILES string of the molecule is CC1/C(=C\CC2CCCC(/C=C/C3=[N+](C)c4ccc5c(c4C3(C)CCc3ccc(S(=O)(=O)O)cc3)C=CCC5)=C2Cl)N(C)c2ccc3ccccc3c21. The quantitative estimate of drug-likeness (QED) is 0.144. The van der Waals surface area contributed by atoms with Crippen molar-refractivity contribution >= 4 is 55.7 Å². The Labute approximate surface area is 319 Å². The molecular weight excluding hydrogens is 696 g/mol. The van der Waals surface area contributed by atoms with Crippen LogP contribution in [0.2, 0.25) is 0 Å². The molecule has 8 rings (SSSR count). The molecule has 3 atom stereocenters. The smallest absolute Gasteiger partial charge is 0.294 e. The van der Waals surface area contributed by atoms with Crippen molar-refractivity contribution in [2.75, 3.05) is 19.0 Å². The minimum Gasteiger partial charge on any atom is -0.348 e. The Morgan fingerprint density at radius 1 is 1.02 bits per heavy atom. The van der Waals surface area contributed by atoms with Gasteiger partial charge in [-0.2, -0.15) is 13.0 Å². The summed E-state index contributed by atoms with van der Waals surface area (Å²) >= 11 is 7.33. The summed E-state index contributed by atoms with van der Waals surface area (Å²) in [6.07, 6.45) is 19.4. The zero-order valence-corrected chi connectivity index (χ0v) is 32.6. The summed E-state index contributed by atoms with van der Waals surface area (Å²) in [5.41, 5.74) is 12.6. The van der Waals surface area contributed by atoms with Crippen molar-refractivity contribution in [2.45, 2.75) is 81.4 Å². The monoisotopic (exact) mass is 743 g/mol. The van der Waals surface area contributed by atoms with Crippen molar-refractivity contribution in [3.8, 4) is 0 Å². The molecule has 0 radical (unpaired) electrons. The van der Waals surface area contributed by atoms with Crippen LogP contribution in [-0.4, -0.2) is 37.4 Å². The lowest BCUT2D eigenvalue weighted by atomic mass is 9.71. The molecule has 0 fully saturated rings. The largest absolute Gasteiger partial charge is 0.348 e. The van der Waals surface area contributed by atoms with Crippen LogP contribution in [0.3, 0.4) is 0 Å². The van der Waals surface area contributed by atoms with Crippen molar-refractivity contribution in [1.29, 1.82) is 0 Å². The van der Waals surface area contributed by atoms with Gasteiger partial charge in [0.2, 0.25) is 5.69 Å². The average Bonchev–Trinajstić information content (AvgIpc) is 3.54. The Balaban J connectivity index is 1.08. The second kappa shape index (κ2) is 13.9. The molecule has 0 saturated heterocycles. The number of likely N-dealkylation sites (N-methyl/N-ethyl adjacent to an activating group) is 1. The fourth-order valence-electron chi connectivity index (χ4n) is 9.56. The molecule has 2 heterocycles. The van der Waals surface area contributed by atoms with Gasteiger partial charge in [0.15, 0.2) is 5.71 Å². The molecule has 5 nitrogen and oxygen atoms in total. The molecule has 2 aliphatic carbocycles. The summed E-state index contributed by atoms with van der Waals surface area (Å²) in [5.74, 6) is 0.609. The van der Waals surface area contributed by atoms with E-state index in [1.165, 1.54) is 73.5 Å². The van der Waals surface area contributed by atoms with Crippen molar-refractivity contribution in [3.05, 3.63) is 141 Å². The van der Waals surface area contributed by atoms with E-state index < -0.39 is 10.1 Å². The van der Waals surface area contributed by atoms with Crippen LogP contribution in [0.4, 0.5) is 11.4 Å². The van der Waals surface area contributed by atoms with E-state index in [0.29, 0.717) is 5.92 Å². The highest BCUT2D eigenvalue weighted by atomic mass is 35.5. The second-order valence-electron chi connectivity index (χ2n) is 15.5. The number of allylic oxidation sites excluding steroid dienone is 7. The molecule has 53 heavy (non-hydrogen) atoms. The fraction of sp³-hybridized carbons (Fsp3) is 0.326. The van der Waals surface area contributed by atoms with Gasteiger partial charge >= 0.3 is 0 Å². The van der Waals surface area contributed by atoms with Gasteiger partial charge in [-0.1, -0.05) is 91.4 Å². The maximum Gasteiger partial charge on any atom is 0.294 e. The summed E-state index contributed by atoms with van der Waals surface area (Å²) in [5, 5.41) is 3.62. The molecule has 0 amide bonds. The van der Waals surface area contributed by atoms with Gasteiger partial charge in [0.05, 0.1) is 10.3 Å². The normalized spacial score (nSPS) is 23.4. The van der Waals surface area contributed by atoms with Gasteiger partial charge in [0, 0.05) is 47.1 Å². The Bertz CT molecular complexity index is 2400. The molecule has 0 spiro atoms. The minimum atomic E-state index is -4.23. The lowest BCUT2D eigenvalue weighted by molar-refractivity contribution is -0.401. The van der Waals surface area contributed by atoms with E-state index in [9.17, 15) is 13.0 Å². The Morgan fingerprint density at radius 2 is 1.81 bits per heavy atom. The second-order valence-corrected chi connectivity index (χ2v) is 17.4. The van der Waals surface area contributed by atoms with E-state index in [0.717, 1.165) is 62.0 Å². The van der Waals surface area contributed by atoms with E-state index in [1.54, 1.807) is 0 Å². The van der Waals surface area contributed by atoms with Crippen LogP contribution in [-0.2, 0) is 28.4 Å². The van der Waals surface area contributed by atoms with Gasteiger partial charge in [0.25, 0.3) is 10.1 Å². The molecule has 4 aromatic carbocycles. The molecular formula is C46H48ClN2O3S+. The lowest BCUT2D eigenvalue weighted by Gasteiger charge is -2.27. The zero-order chi connectivity index (χ0) is 37.1. The number of hydrogen-bond acceptors (Lipinski definition) is 3. The van der Waals surface area contributed by atoms with Gasteiger partial charge in [-0.15, -0.1) is 0 Å². The van der Waals surface area contributed by atoms with Crippen molar-refractivity contribution in [1.82, 2.24) is 0 Å². The van der Waals surface area contributed by atoms with Crippen molar-refractivity contribution < 1.29 is 17.5 Å². The first kappa shape index (κ1) is 35.8. The highest BCUT2D eigenvalue weighted by Gasteiger charge is 2.48. The van der Waals surface area contributed by atoms with Gasteiger partial charge in [0.1, 0.15) is 7.05 Å². The van der Waals surface area contributed by atoms with Crippen molar-refractivity contribution in [2.24, 2.45) is 5.92 Å². The summed E-state index contributed by atoms with van der Waals surface area (Å²) < 4.78 is 35.2. The van der Waals surface area contributed by atoms with E-state index in [2.05, 4.69) is 116 Å². The third-order valence-electron chi connectivity index (χ3n) is 12.4. The molecule has 7 heteroatoms. The number of aryl methyl sites for hydroxylation is 2. The highest BCUT2D eigenvalue weighted by molar-refractivity contribution is 7.85. The van der Waals surface area contributed by atoms with E-state index in [4.69, 9.17) is 11.6 Å². The van der Waals surface area contributed by atoms with Gasteiger partial charge in [-0.05, 0) is 121 Å². The Kier molecular flexibility index (Phi) is 9.37. The summed E-state index contributed by atoms with van der Waals surface area (Å²) in [7, 11) is 0.137. The predicted octanol–water partition coefficient (Wildman–Crippen LogP) is 11.0. The van der Waals surface area contributed by atoms with Crippen LogP contribution >= 0.6 is 11.6 Å². The van der Waals surface area contributed by atoms with Gasteiger partial charge < -0.3 is 4.90 Å². The number of halogens is 1. The number of rotatable bonds is 8. The molecule has 0 saturated carbocycles. The van der Waals surface area contributed by atoms with Crippen LogP contribution in [0.15, 0.2) is 118 Å². The number of nitrogens with zero attached hydrogens (tertiary/aromatic N) is 2. The summed E-state index contributed by atoms with van der Waals surface area (Å²) in [6.45, 7) is 4.69. The maximum absolute atomic E-state index is 11.7. The third kappa shape index (κ3) is 6.33. The fourth-order valence-corrected chi connectivity index (χ4v) is 10.4. The topological polar surface area (TPSA) is 60.6 Å². The molecule has 3 unspecified atom stereocenters. The molecule has 272 valence electrons. The van der Waals surface area contributed by atoms with E-state index in [-0.39, 0.29) is 16.2 Å². The average molecular weight is 744 g/mol. The number of anilines is 1. The van der Waals surface area contributed by atoms with Crippen LogP contribution < -0.4 is 4.90 Å².